The summed E-state index contributed by atoms with van der Waals surface area (Å²) in [4.78, 5) is 6.22. The minimum atomic E-state index is 0.265. The molecule has 1 aliphatic heterocycles. The molecule has 0 saturated carbocycles. The molecule has 2 rings (SSSR count). The van der Waals surface area contributed by atoms with E-state index < -0.39 is 0 Å². The van der Waals surface area contributed by atoms with E-state index in [1.54, 1.807) is 12.4 Å². The molecule has 0 amide bonds. The molecular formula is C11H17N3O. The van der Waals surface area contributed by atoms with Crippen LogP contribution in [-0.4, -0.2) is 29.8 Å². The van der Waals surface area contributed by atoms with Gasteiger partial charge in [0.1, 0.15) is 0 Å². The van der Waals surface area contributed by atoms with E-state index in [0.717, 1.165) is 37.3 Å². The minimum absolute atomic E-state index is 0.265. The van der Waals surface area contributed by atoms with Gasteiger partial charge in [-0.1, -0.05) is 0 Å². The number of nitrogens with zero attached hydrogens (tertiary/aromatic N) is 2. The first-order valence-corrected chi connectivity index (χ1v) is 5.36. The Labute approximate surface area is 89.7 Å². The van der Waals surface area contributed by atoms with Gasteiger partial charge in [-0.05, 0) is 24.8 Å². The van der Waals surface area contributed by atoms with Crippen LogP contribution in [0.25, 0.3) is 0 Å². The molecule has 4 nitrogen and oxygen atoms in total. The third kappa shape index (κ3) is 2.21. The molecular weight excluding hydrogens is 190 g/mol. The number of pyridine rings is 1. The van der Waals surface area contributed by atoms with Gasteiger partial charge in [0.25, 0.3) is 0 Å². The number of nitrogens with two attached hydrogens (primary N) is 1. The monoisotopic (exact) mass is 207 g/mol. The van der Waals surface area contributed by atoms with Crippen LogP contribution in [0.4, 0.5) is 11.4 Å². The first kappa shape index (κ1) is 10.2. The molecule has 0 aliphatic carbocycles. The van der Waals surface area contributed by atoms with Crippen molar-refractivity contribution in [2.24, 2.45) is 5.92 Å². The second kappa shape index (κ2) is 4.49. The zero-order valence-electron chi connectivity index (χ0n) is 8.76. The lowest BCUT2D eigenvalue weighted by Crippen LogP contribution is -2.37. The maximum atomic E-state index is 9.15. The molecule has 1 aromatic rings. The number of hydrogen-bond donors (Lipinski definition) is 2. The van der Waals surface area contributed by atoms with Gasteiger partial charge in [0.2, 0.25) is 0 Å². The van der Waals surface area contributed by atoms with Crippen LogP contribution in [0, 0.1) is 5.92 Å². The number of aliphatic hydroxyl groups excluding tert-OH is 1. The van der Waals surface area contributed by atoms with Crippen LogP contribution < -0.4 is 10.6 Å². The van der Waals surface area contributed by atoms with E-state index in [2.05, 4.69) is 9.88 Å². The van der Waals surface area contributed by atoms with Gasteiger partial charge in [-0.15, -0.1) is 0 Å². The topological polar surface area (TPSA) is 62.4 Å². The average molecular weight is 207 g/mol. The van der Waals surface area contributed by atoms with Gasteiger partial charge in [-0.25, -0.2) is 0 Å². The van der Waals surface area contributed by atoms with Gasteiger partial charge in [0.05, 0.1) is 17.6 Å². The van der Waals surface area contributed by atoms with Crippen molar-refractivity contribution in [2.45, 2.75) is 12.8 Å². The van der Waals surface area contributed by atoms with Crippen molar-refractivity contribution in [3.8, 4) is 0 Å². The summed E-state index contributed by atoms with van der Waals surface area (Å²) < 4.78 is 0. The van der Waals surface area contributed by atoms with Crippen molar-refractivity contribution in [1.82, 2.24) is 4.98 Å². The van der Waals surface area contributed by atoms with E-state index >= 15 is 0 Å². The molecule has 0 spiro atoms. The Morgan fingerprint density at radius 3 is 3.20 bits per heavy atom. The fourth-order valence-corrected chi connectivity index (χ4v) is 2.12. The molecule has 1 aromatic heterocycles. The molecule has 0 bridgehead atoms. The zero-order chi connectivity index (χ0) is 10.7. The molecule has 1 fully saturated rings. The Bertz CT molecular complexity index is 329. The third-order valence-electron chi connectivity index (χ3n) is 2.95. The lowest BCUT2D eigenvalue weighted by molar-refractivity contribution is 0.209. The molecule has 4 heteroatoms. The minimum Gasteiger partial charge on any atom is -0.396 e. The molecule has 1 saturated heterocycles. The van der Waals surface area contributed by atoms with E-state index in [9.17, 15) is 0 Å². The number of rotatable bonds is 2. The van der Waals surface area contributed by atoms with Crippen LogP contribution in [-0.2, 0) is 0 Å². The van der Waals surface area contributed by atoms with Gasteiger partial charge in [-0.3, -0.25) is 4.98 Å². The second-order valence-corrected chi connectivity index (χ2v) is 4.07. The van der Waals surface area contributed by atoms with Crippen LogP contribution >= 0.6 is 0 Å². The maximum absolute atomic E-state index is 9.15. The summed E-state index contributed by atoms with van der Waals surface area (Å²) in [6.45, 7) is 2.18. The van der Waals surface area contributed by atoms with Crippen molar-refractivity contribution in [1.29, 1.82) is 0 Å². The summed E-state index contributed by atoms with van der Waals surface area (Å²) in [6, 6.07) is 1.94. The first-order chi connectivity index (χ1) is 7.31. The van der Waals surface area contributed by atoms with Crippen LogP contribution in [0.2, 0.25) is 0 Å². The Morgan fingerprint density at radius 2 is 2.47 bits per heavy atom. The highest BCUT2D eigenvalue weighted by Crippen LogP contribution is 2.26. The van der Waals surface area contributed by atoms with Crippen LogP contribution in [0.3, 0.4) is 0 Å². The standard InChI is InChI=1S/C11H17N3O/c12-10-6-13-4-3-11(10)14-5-1-2-9(7-14)8-15/h3-4,6,9,15H,1-2,5,7-8,12H2. The quantitative estimate of drug-likeness (QED) is 0.755. The second-order valence-electron chi connectivity index (χ2n) is 4.07. The number of anilines is 2. The molecule has 0 radical (unpaired) electrons. The largest absolute Gasteiger partial charge is 0.396 e. The number of nitrogen functional groups attached to an aromatic ring is 1. The molecule has 0 aromatic carbocycles. The summed E-state index contributed by atoms with van der Waals surface area (Å²) in [5, 5.41) is 9.15. The van der Waals surface area contributed by atoms with E-state index in [1.165, 1.54) is 0 Å². The fraction of sp³-hybridized carbons (Fsp3) is 0.545. The smallest absolute Gasteiger partial charge is 0.0738 e. The summed E-state index contributed by atoms with van der Waals surface area (Å²) in [5.41, 5.74) is 7.63. The molecule has 3 N–H and O–H groups in total. The van der Waals surface area contributed by atoms with E-state index in [4.69, 9.17) is 10.8 Å². The number of hydrogen-bond acceptors (Lipinski definition) is 4. The molecule has 82 valence electrons. The first-order valence-electron chi connectivity index (χ1n) is 5.36. The lowest BCUT2D eigenvalue weighted by Gasteiger charge is -2.34. The van der Waals surface area contributed by atoms with Crippen LogP contribution in [0.15, 0.2) is 18.5 Å². The summed E-state index contributed by atoms with van der Waals surface area (Å²) in [7, 11) is 0. The van der Waals surface area contributed by atoms with Crippen LogP contribution in [0.5, 0.6) is 0 Å². The molecule has 1 unspecified atom stereocenters. The number of aliphatic hydroxyl groups is 1. The molecule has 15 heavy (non-hydrogen) atoms. The Hall–Kier alpha value is -1.29. The zero-order valence-corrected chi connectivity index (χ0v) is 8.76. The summed E-state index contributed by atoms with van der Waals surface area (Å²) >= 11 is 0. The maximum Gasteiger partial charge on any atom is 0.0738 e. The highest BCUT2D eigenvalue weighted by atomic mass is 16.3. The predicted octanol–water partition coefficient (Wildman–Crippen LogP) is 0.873. The lowest BCUT2D eigenvalue weighted by atomic mass is 9.98. The van der Waals surface area contributed by atoms with E-state index in [0.29, 0.717) is 5.92 Å². The Balaban J connectivity index is 2.13. The Kier molecular flexibility index (Phi) is 3.06. The third-order valence-corrected chi connectivity index (χ3v) is 2.95. The number of aromatic nitrogens is 1. The van der Waals surface area contributed by atoms with Gasteiger partial charge in [0, 0.05) is 25.9 Å². The van der Waals surface area contributed by atoms with Crippen molar-refractivity contribution in [3.05, 3.63) is 18.5 Å². The fourth-order valence-electron chi connectivity index (χ4n) is 2.12. The highest BCUT2D eigenvalue weighted by Gasteiger charge is 2.20. The number of piperidine rings is 1. The summed E-state index contributed by atoms with van der Waals surface area (Å²) in [5.74, 6) is 0.381. The van der Waals surface area contributed by atoms with Gasteiger partial charge < -0.3 is 15.7 Å². The average Bonchev–Trinajstić information content (AvgIpc) is 2.30. The van der Waals surface area contributed by atoms with Gasteiger partial charge >= 0.3 is 0 Å². The van der Waals surface area contributed by atoms with Gasteiger partial charge in [-0.2, -0.15) is 0 Å². The predicted molar refractivity (Wildman–Crippen MR) is 60.7 cm³/mol. The Morgan fingerprint density at radius 1 is 1.60 bits per heavy atom. The highest BCUT2D eigenvalue weighted by molar-refractivity contribution is 5.66. The van der Waals surface area contributed by atoms with E-state index in [1.807, 2.05) is 6.07 Å². The summed E-state index contributed by atoms with van der Waals surface area (Å²) in [6.07, 6.45) is 5.66. The van der Waals surface area contributed by atoms with Crippen molar-refractivity contribution < 1.29 is 5.11 Å². The van der Waals surface area contributed by atoms with Gasteiger partial charge in [0.15, 0.2) is 0 Å². The normalized spacial score (nSPS) is 21.7. The molecule has 1 atom stereocenters. The molecule has 2 heterocycles. The van der Waals surface area contributed by atoms with Crippen molar-refractivity contribution in [2.75, 3.05) is 30.3 Å². The van der Waals surface area contributed by atoms with Crippen molar-refractivity contribution >= 4 is 11.4 Å². The van der Waals surface area contributed by atoms with Crippen LogP contribution in [0.1, 0.15) is 12.8 Å². The van der Waals surface area contributed by atoms with E-state index in [-0.39, 0.29) is 6.61 Å². The molecule has 1 aliphatic rings. The SMILES string of the molecule is Nc1cnccc1N1CCCC(CO)C1. The van der Waals surface area contributed by atoms with Crippen molar-refractivity contribution in [3.63, 3.8) is 0 Å².